The lowest BCUT2D eigenvalue weighted by molar-refractivity contribution is -0.385. The molecule has 1 atom stereocenters. The van der Waals surface area contributed by atoms with Crippen molar-refractivity contribution >= 4 is 32.2 Å². The van der Waals surface area contributed by atoms with Gasteiger partial charge in [0.15, 0.2) is 0 Å². The van der Waals surface area contributed by atoms with Gasteiger partial charge >= 0.3 is 0 Å². The molecule has 0 aromatic heterocycles. The van der Waals surface area contributed by atoms with Gasteiger partial charge in [-0.2, -0.15) is 0 Å². The summed E-state index contributed by atoms with van der Waals surface area (Å²) in [4.78, 5) is 9.62. The first-order chi connectivity index (χ1) is 9.24. The van der Waals surface area contributed by atoms with Crippen molar-refractivity contribution in [3.05, 3.63) is 28.3 Å². The van der Waals surface area contributed by atoms with Gasteiger partial charge in [-0.1, -0.05) is 0 Å². The summed E-state index contributed by atoms with van der Waals surface area (Å²) in [6.45, 7) is 0.0873. The summed E-state index contributed by atoms with van der Waals surface area (Å²) < 4.78 is 37.1. The van der Waals surface area contributed by atoms with Crippen molar-refractivity contribution in [2.24, 2.45) is 0 Å². The van der Waals surface area contributed by atoms with E-state index in [-0.39, 0.29) is 22.8 Å². The summed E-state index contributed by atoms with van der Waals surface area (Å²) in [5.41, 5.74) is 5.12. The smallest absolute Gasteiger partial charge is 0.270 e. The van der Waals surface area contributed by atoms with E-state index in [1.165, 1.54) is 12.3 Å². The first kappa shape index (κ1) is 16.5. The molecule has 0 saturated carbocycles. The minimum atomic E-state index is -3.92. The highest BCUT2D eigenvalue weighted by Gasteiger charge is 2.20. The van der Waals surface area contributed by atoms with E-state index in [0.717, 1.165) is 12.1 Å². The van der Waals surface area contributed by atoms with Crippen LogP contribution in [0, 0.1) is 10.1 Å². The van der Waals surface area contributed by atoms with Crippen LogP contribution in [0.25, 0.3) is 0 Å². The Morgan fingerprint density at radius 2 is 2.10 bits per heavy atom. The first-order valence-corrected chi connectivity index (χ1v) is 8.78. The number of nitrogen functional groups attached to an aromatic ring is 1. The molecule has 0 aliphatic heterocycles. The van der Waals surface area contributed by atoms with Crippen LogP contribution < -0.4 is 10.5 Å². The van der Waals surface area contributed by atoms with Crippen LogP contribution in [0.5, 0.6) is 0 Å². The molecule has 0 heterocycles. The van der Waals surface area contributed by atoms with Crippen LogP contribution >= 0.6 is 0 Å². The molecule has 0 radical (unpaired) electrons. The normalized spacial score (nSPS) is 13.1. The number of nitrogens with two attached hydrogens (primary N) is 1. The molecule has 1 aromatic rings. The van der Waals surface area contributed by atoms with Crippen molar-refractivity contribution in [3.63, 3.8) is 0 Å². The average molecular weight is 321 g/mol. The van der Waals surface area contributed by atoms with Gasteiger partial charge in [0.05, 0.1) is 10.6 Å². The second-order valence-electron chi connectivity index (χ2n) is 4.01. The maximum absolute atomic E-state index is 12.0. The van der Waals surface area contributed by atoms with Gasteiger partial charge in [0.1, 0.15) is 4.90 Å². The third-order valence-corrected chi connectivity index (χ3v) is 4.78. The maximum Gasteiger partial charge on any atom is 0.270 e. The standard InChI is InChI=1S/C10H15N3O5S2/c1-19(16)6-2-5-12-20(17,18)10-7-8(13(14)15)3-4-9(10)11/h3-4,7,12H,2,5-6,11H2,1H3. The topological polar surface area (TPSA) is 132 Å². The Kier molecular flexibility index (Phi) is 5.60. The molecule has 0 aliphatic rings. The zero-order valence-electron chi connectivity index (χ0n) is 10.7. The van der Waals surface area contributed by atoms with Crippen LogP contribution in [0.1, 0.15) is 6.42 Å². The highest BCUT2D eigenvalue weighted by Crippen LogP contribution is 2.23. The van der Waals surface area contributed by atoms with Crippen molar-refractivity contribution in [1.29, 1.82) is 0 Å². The number of non-ortho nitro benzene ring substituents is 1. The highest BCUT2D eigenvalue weighted by molar-refractivity contribution is 7.89. The van der Waals surface area contributed by atoms with Crippen LogP contribution in [-0.2, 0) is 20.8 Å². The van der Waals surface area contributed by atoms with E-state index in [1.54, 1.807) is 0 Å². The monoisotopic (exact) mass is 321 g/mol. The molecular weight excluding hydrogens is 306 g/mol. The summed E-state index contributed by atoms with van der Waals surface area (Å²) in [5, 5.41) is 10.6. The van der Waals surface area contributed by atoms with E-state index in [1.807, 2.05) is 0 Å². The minimum absolute atomic E-state index is 0.0674. The Balaban J connectivity index is 2.89. The van der Waals surface area contributed by atoms with Gasteiger partial charge in [-0.25, -0.2) is 13.1 Å². The molecule has 0 bridgehead atoms. The number of nitrogens with one attached hydrogen (secondary N) is 1. The van der Waals surface area contributed by atoms with Gasteiger partial charge in [-0.05, 0) is 12.5 Å². The Morgan fingerprint density at radius 3 is 2.65 bits per heavy atom. The van der Waals surface area contributed by atoms with E-state index in [2.05, 4.69) is 4.72 Å². The van der Waals surface area contributed by atoms with E-state index >= 15 is 0 Å². The van der Waals surface area contributed by atoms with Gasteiger partial charge in [-0.15, -0.1) is 0 Å². The van der Waals surface area contributed by atoms with Gasteiger partial charge in [0.25, 0.3) is 5.69 Å². The maximum atomic E-state index is 12.0. The lowest BCUT2D eigenvalue weighted by Crippen LogP contribution is -2.26. The summed E-state index contributed by atoms with van der Waals surface area (Å²) in [6, 6.07) is 3.22. The van der Waals surface area contributed by atoms with Gasteiger partial charge in [0.2, 0.25) is 10.0 Å². The largest absolute Gasteiger partial charge is 0.398 e. The van der Waals surface area contributed by atoms with Crippen molar-refractivity contribution in [1.82, 2.24) is 4.72 Å². The number of hydrogen-bond donors (Lipinski definition) is 2. The quantitative estimate of drug-likeness (QED) is 0.319. The van der Waals surface area contributed by atoms with Crippen LogP contribution in [0.2, 0.25) is 0 Å². The lowest BCUT2D eigenvalue weighted by Gasteiger charge is -2.08. The Bertz CT molecular complexity index is 630. The highest BCUT2D eigenvalue weighted by atomic mass is 32.2. The molecule has 3 N–H and O–H groups in total. The van der Waals surface area contributed by atoms with Crippen LogP contribution in [0.4, 0.5) is 11.4 Å². The number of rotatable bonds is 7. The van der Waals surface area contributed by atoms with E-state index in [0.29, 0.717) is 12.2 Å². The zero-order valence-corrected chi connectivity index (χ0v) is 12.4. The second kappa shape index (κ2) is 6.77. The number of anilines is 1. The molecule has 0 spiro atoms. The van der Waals surface area contributed by atoms with Gasteiger partial charge in [-0.3, -0.25) is 14.3 Å². The van der Waals surface area contributed by atoms with Gasteiger partial charge in [0, 0.05) is 41.5 Å². The van der Waals surface area contributed by atoms with Crippen LogP contribution in [0.3, 0.4) is 0 Å². The molecular formula is C10H15N3O5S2. The predicted molar refractivity (Wildman–Crippen MR) is 76.2 cm³/mol. The molecule has 112 valence electrons. The van der Waals surface area contributed by atoms with Crippen LogP contribution in [-0.4, -0.2) is 36.1 Å². The molecule has 1 unspecified atom stereocenters. The number of hydrogen-bond acceptors (Lipinski definition) is 6. The third-order valence-electron chi connectivity index (χ3n) is 2.40. The summed E-state index contributed by atoms with van der Waals surface area (Å²) in [5.74, 6) is 0.368. The Hall–Kier alpha value is -1.52. The Morgan fingerprint density at radius 1 is 1.45 bits per heavy atom. The fourth-order valence-electron chi connectivity index (χ4n) is 1.43. The average Bonchev–Trinajstić information content (AvgIpc) is 2.34. The number of nitro benzene ring substituents is 1. The first-order valence-electron chi connectivity index (χ1n) is 5.57. The third kappa shape index (κ3) is 4.54. The lowest BCUT2D eigenvalue weighted by atomic mass is 10.3. The summed E-state index contributed by atoms with van der Waals surface area (Å²) in [6.07, 6.45) is 1.92. The molecule has 0 saturated heterocycles. The molecule has 8 nitrogen and oxygen atoms in total. The molecule has 10 heteroatoms. The fraction of sp³-hybridized carbons (Fsp3) is 0.400. The summed E-state index contributed by atoms with van der Waals surface area (Å²) >= 11 is 0. The fourth-order valence-corrected chi connectivity index (χ4v) is 3.20. The van der Waals surface area contributed by atoms with E-state index in [4.69, 9.17) is 5.73 Å². The Labute approximate surface area is 119 Å². The molecule has 0 fully saturated rings. The zero-order chi connectivity index (χ0) is 15.3. The number of nitro groups is 1. The molecule has 0 aliphatic carbocycles. The number of benzene rings is 1. The van der Waals surface area contributed by atoms with Crippen LogP contribution in [0.15, 0.2) is 23.1 Å². The molecule has 1 rings (SSSR count). The summed E-state index contributed by atoms with van der Waals surface area (Å²) in [7, 11) is -4.92. The SMILES string of the molecule is CS(=O)CCCNS(=O)(=O)c1cc([N+](=O)[O-])ccc1N. The second-order valence-corrected chi connectivity index (χ2v) is 7.30. The minimum Gasteiger partial charge on any atom is -0.398 e. The van der Waals surface area contributed by atoms with E-state index in [9.17, 15) is 22.7 Å². The van der Waals surface area contributed by atoms with Gasteiger partial charge < -0.3 is 5.73 Å². The van der Waals surface area contributed by atoms with E-state index < -0.39 is 25.7 Å². The van der Waals surface area contributed by atoms with Crippen molar-refractivity contribution in [2.75, 3.05) is 24.3 Å². The van der Waals surface area contributed by atoms with Crippen molar-refractivity contribution < 1.29 is 17.6 Å². The molecule has 0 amide bonds. The molecule has 1 aromatic carbocycles. The van der Waals surface area contributed by atoms with Crippen molar-refractivity contribution in [2.45, 2.75) is 11.3 Å². The predicted octanol–water partition coefficient (Wildman–Crippen LogP) is 0.224. The number of nitrogens with zero attached hydrogens (tertiary/aromatic N) is 1. The molecule has 20 heavy (non-hydrogen) atoms. The number of sulfonamides is 1. The van der Waals surface area contributed by atoms with Crippen molar-refractivity contribution in [3.8, 4) is 0 Å².